The van der Waals surface area contributed by atoms with Gasteiger partial charge in [0.2, 0.25) is 0 Å². The molecule has 0 aliphatic heterocycles. The van der Waals surface area contributed by atoms with Gasteiger partial charge in [0.25, 0.3) is 10.0 Å². The van der Waals surface area contributed by atoms with Crippen molar-refractivity contribution in [3.8, 4) is 0 Å². The predicted octanol–water partition coefficient (Wildman–Crippen LogP) is 2.88. The number of carbonyl (C=O) groups excluding carboxylic acids is 1. The van der Waals surface area contributed by atoms with Crippen molar-refractivity contribution in [2.45, 2.75) is 11.5 Å². The van der Waals surface area contributed by atoms with Crippen molar-refractivity contribution in [3.63, 3.8) is 0 Å². The second-order valence-corrected chi connectivity index (χ2v) is 7.20. The first-order valence-electron chi connectivity index (χ1n) is 6.89. The molecule has 2 aromatic rings. The number of rotatable bonds is 6. The molecule has 0 saturated heterocycles. The van der Waals surface area contributed by atoms with Crippen molar-refractivity contribution in [2.24, 2.45) is 0 Å². The molecule has 0 radical (unpaired) electrons. The molecule has 0 fully saturated rings. The Bertz CT molecular complexity index is 838. The Morgan fingerprint density at radius 2 is 1.88 bits per heavy atom. The maximum Gasteiger partial charge on any atom is 0.338 e. The van der Waals surface area contributed by atoms with E-state index in [0.717, 1.165) is 5.56 Å². The largest absolute Gasteiger partial charge is 0.457 e. The van der Waals surface area contributed by atoms with Crippen LogP contribution in [-0.2, 0) is 26.2 Å². The van der Waals surface area contributed by atoms with Crippen LogP contribution in [0.15, 0.2) is 53.4 Å². The average molecular weight is 370 g/mol. The number of ether oxygens (including phenoxy) is 1. The second kappa shape index (κ2) is 7.76. The van der Waals surface area contributed by atoms with Gasteiger partial charge in [-0.2, -0.15) is 0 Å². The summed E-state index contributed by atoms with van der Waals surface area (Å²) in [5, 5.41) is 0.541. The van der Waals surface area contributed by atoms with E-state index in [4.69, 9.17) is 21.2 Å². The highest BCUT2D eigenvalue weighted by atomic mass is 35.5. The van der Waals surface area contributed by atoms with Crippen molar-refractivity contribution < 1.29 is 22.8 Å². The maximum absolute atomic E-state index is 12.2. The number of hydrogen-bond acceptors (Lipinski definition) is 5. The van der Waals surface area contributed by atoms with Crippen LogP contribution in [0.2, 0.25) is 5.02 Å². The summed E-state index contributed by atoms with van der Waals surface area (Å²) in [5.74, 6) is -0.632. The summed E-state index contributed by atoms with van der Waals surface area (Å²) in [7, 11) is -1.33. The van der Waals surface area contributed by atoms with Crippen LogP contribution in [0.4, 0.5) is 0 Å². The van der Waals surface area contributed by atoms with E-state index in [9.17, 15) is 13.2 Å². The first-order valence-corrected chi connectivity index (χ1v) is 8.71. The van der Waals surface area contributed by atoms with E-state index in [2.05, 4.69) is 0 Å². The molecule has 0 aliphatic carbocycles. The van der Waals surface area contributed by atoms with E-state index in [1.807, 2.05) is 0 Å². The Morgan fingerprint density at radius 1 is 1.17 bits per heavy atom. The second-order valence-electron chi connectivity index (χ2n) is 4.83. The zero-order chi connectivity index (χ0) is 17.7. The molecule has 0 unspecified atom stereocenters. The lowest BCUT2D eigenvalue weighted by Crippen LogP contribution is -2.25. The summed E-state index contributed by atoms with van der Waals surface area (Å²) in [6, 6.07) is 12.5. The maximum atomic E-state index is 12.2. The third-order valence-electron chi connectivity index (χ3n) is 3.22. The molecule has 0 aromatic heterocycles. The van der Waals surface area contributed by atoms with Crippen LogP contribution < -0.4 is 0 Å². The molecule has 0 heterocycles. The number of hydrogen-bond donors (Lipinski definition) is 0. The molecular weight excluding hydrogens is 354 g/mol. The first-order chi connectivity index (χ1) is 11.3. The van der Waals surface area contributed by atoms with Gasteiger partial charge in [-0.3, -0.25) is 4.84 Å². The zero-order valence-corrected chi connectivity index (χ0v) is 14.7. The minimum atomic E-state index is -3.83. The molecule has 6 nitrogen and oxygen atoms in total. The SMILES string of the molecule is CON(C)S(=O)(=O)c1cccc(C(=O)OCc2cccc(Cl)c2)c1. The Labute approximate surface area is 145 Å². The summed E-state index contributed by atoms with van der Waals surface area (Å²) in [6.07, 6.45) is 0. The van der Waals surface area contributed by atoms with Gasteiger partial charge in [-0.1, -0.05) is 34.3 Å². The number of esters is 1. The molecule has 0 N–H and O–H groups in total. The van der Waals surface area contributed by atoms with Gasteiger partial charge in [0.1, 0.15) is 6.61 Å². The Balaban J connectivity index is 2.15. The number of sulfonamides is 1. The standard InChI is InChI=1S/C16H16ClNO5S/c1-18(22-2)24(20,21)15-8-4-6-13(10-15)16(19)23-11-12-5-3-7-14(17)9-12/h3-10H,11H2,1-2H3. The van der Waals surface area contributed by atoms with Gasteiger partial charge in [0.15, 0.2) is 0 Å². The van der Waals surface area contributed by atoms with Gasteiger partial charge in [-0.15, -0.1) is 0 Å². The van der Waals surface area contributed by atoms with Crippen molar-refractivity contribution in [3.05, 3.63) is 64.7 Å². The lowest BCUT2D eigenvalue weighted by atomic mass is 10.2. The highest BCUT2D eigenvalue weighted by Crippen LogP contribution is 2.17. The number of halogens is 1. The average Bonchev–Trinajstić information content (AvgIpc) is 2.59. The monoisotopic (exact) mass is 369 g/mol. The van der Waals surface area contributed by atoms with E-state index in [1.165, 1.54) is 38.4 Å². The van der Waals surface area contributed by atoms with Crippen LogP contribution in [0.1, 0.15) is 15.9 Å². The highest BCUT2D eigenvalue weighted by Gasteiger charge is 2.22. The van der Waals surface area contributed by atoms with Crippen LogP contribution in [0.25, 0.3) is 0 Å². The highest BCUT2D eigenvalue weighted by molar-refractivity contribution is 7.89. The first kappa shape index (κ1) is 18.4. The van der Waals surface area contributed by atoms with E-state index >= 15 is 0 Å². The van der Waals surface area contributed by atoms with Gasteiger partial charge < -0.3 is 4.74 Å². The minimum Gasteiger partial charge on any atom is -0.457 e. The Kier molecular flexibility index (Phi) is 5.95. The van der Waals surface area contributed by atoms with Crippen molar-refractivity contribution in [2.75, 3.05) is 14.2 Å². The van der Waals surface area contributed by atoms with Crippen LogP contribution in [-0.4, -0.2) is 33.0 Å². The minimum absolute atomic E-state index is 0.0361. The van der Waals surface area contributed by atoms with Crippen molar-refractivity contribution in [1.82, 2.24) is 4.47 Å². The molecular formula is C16H16ClNO5S. The van der Waals surface area contributed by atoms with Crippen LogP contribution in [0.5, 0.6) is 0 Å². The van der Waals surface area contributed by atoms with Crippen LogP contribution in [0.3, 0.4) is 0 Å². The van der Waals surface area contributed by atoms with E-state index in [-0.39, 0.29) is 17.1 Å². The molecule has 24 heavy (non-hydrogen) atoms. The summed E-state index contributed by atoms with van der Waals surface area (Å²) in [4.78, 5) is 16.8. The van der Waals surface area contributed by atoms with E-state index in [1.54, 1.807) is 24.3 Å². The lowest BCUT2D eigenvalue weighted by molar-refractivity contribution is -0.0258. The van der Waals surface area contributed by atoms with Crippen molar-refractivity contribution >= 4 is 27.6 Å². The third-order valence-corrected chi connectivity index (χ3v) is 5.13. The fourth-order valence-corrected chi connectivity index (χ4v) is 3.12. The summed E-state index contributed by atoms with van der Waals surface area (Å²) in [5.41, 5.74) is 0.862. The number of benzene rings is 2. The molecule has 0 aliphatic rings. The molecule has 2 aromatic carbocycles. The van der Waals surface area contributed by atoms with Crippen molar-refractivity contribution in [1.29, 1.82) is 0 Å². The quantitative estimate of drug-likeness (QED) is 0.578. The normalized spacial score (nSPS) is 11.5. The number of hydroxylamine groups is 1. The van der Waals surface area contributed by atoms with Crippen LogP contribution in [0, 0.1) is 0 Å². The smallest absolute Gasteiger partial charge is 0.338 e. The molecule has 0 bridgehead atoms. The van der Waals surface area contributed by atoms with Crippen LogP contribution >= 0.6 is 11.6 Å². The fraction of sp³-hybridized carbons (Fsp3) is 0.188. The van der Waals surface area contributed by atoms with Gasteiger partial charge in [0.05, 0.1) is 17.6 Å². The molecule has 0 saturated carbocycles. The summed E-state index contributed by atoms with van der Waals surface area (Å²) >= 11 is 5.87. The molecule has 0 amide bonds. The Morgan fingerprint density at radius 3 is 2.54 bits per heavy atom. The van der Waals surface area contributed by atoms with Gasteiger partial charge in [0, 0.05) is 12.1 Å². The topological polar surface area (TPSA) is 72.9 Å². The summed E-state index contributed by atoms with van der Waals surface area (Å²) < 4.78 is 30.3. The zero-order valence-electron chi connectivity index (χ0n) is 13.1. The van der Waals surface area contributed by atoms with E-state index < -0.39 is 16.0 Å². The van der Waals surface area contributed by atoms with Gasteiger partial charge in [-0.25, -0.2) is 13.2 Å². The van der Waals surface area contributed by atoms with E-state index in [0.29, 0.717) is 9.49 Å². The predicted molar refractivity (Wildman–Crippen MR) is 89.0 cm³/mol. The lowest BCUT2D eigenvalue weighted by Gasteiger charge is -2.14. The summed E-state index contributed by atoms with van der Waals surface area (Å²) in [6.45, 7) is 0.0361. The van der Waals surface area contributed by atoms with Gasteiger partial charge >= 0.3 is 5.97 Å². The molecule has 0 spiro atoms. The fourth-order valence-electron chi connectivity index (χ4n) is 1.89. The number of nitrogens with zero attached hydrogens (tertiary/aromatic N) is 1. The molecule has 0 atom stereocenters. The third kappa shape index (κ3) is 4.33. The molecule has 2 rings (SSSR count). The molecule has 8 heteroatoms. The molecule has 128 valence electrons. The van der Waals surface area contributed by atoms with Gasteiger partial charge in [-0.05, 0) is 35.9 Å². The Hall–Kier alpha value is -1.93. The number of carbonyl (C=O) groups is 1.